The zero-order valence-electron chi connectivity index (χ0n) is 10.0. The fraction of sp³-hybridized carbons (Fsp3) is 0.133. The molecule has 0 bridgehead atoms. The number of carbonyl (C=O) groups is 1. The number of aliphatic hydroxyl groups is 1. The van der Waals surface area contributed by atoms with Crippen molar-refractivity contribution in [1.29, 1.82) is 0 Å². The molecule has 3 heteroatoms. The SMILES string of the molecule is C=CC(C=C)(CO)NC(=O)C#Cc1ccccc1. The third kappa shape index (κ3) is 3.62. The molecule has 0 aliphatic heterocycles. The maximum Gasteiger partial charge on any atom is 0.297 e. The van der Waals surface area contributed by atoms with Crippen molar-refractivity contribution in [2.24, 2.45) is 0 Å². The van der Waals surface area contributed by atoms with Gasteiger partial charge in [0.15, 0.2) is 0 Å². The van der Waals surface area contributed by atoms with Crippen LogP contribution in [0.5, 0.6) is 0 Å². The summed E-state index contributed by atoms with van der Waals surface area (Å²) in [6.45, 7) is 6.80. The Morgan fingerprint density at radius 3 is 2.44 bits per heavy atom. The van der Waals surface area contributed by atoms with E-state index in [0.717, 1.165) is 5.56 Å². The number of nitrogens with one attached hydrogen (secondary N) is 1. The number of hydrogen-bond acceptors (Lipinski definition) is 2. The van der Waals surface area contributed by atoms with Crippen LogP contribution in [0, 0.1) is 11.8 Å². The van der Waals surface area contributed by atoms with Crippen LogP contribution in [0.4, 0.5) is 0 Å². The summed E-state index contributed by atoms with van der Waals surface area (Å²) in [7, 11) is 0. The molecule has 0 saturated carbocycles. The quantitative estimate of drug-likeness (QED) is 0.616. The van der Waals surface area contributed by atoms with E-state index in [-0.39, 0.29) is 6.61 Å². The fourth-order valence-electron chi connectivity index (χ4n) is 1.25. The molecular weight excluding hydrogens is 226 g/mol. The summed E-state index contributed by atoms with van der Waals surface area (Å²) in [5.74, 6) is 4.68. The van der Waals surface area contributed by atoms with Crippen molar-refractivity contribution >= 4 is 5.91 Å². The summed E-state index contributed by atoms with van der Waals surface area (Å²) in [5, 5.41) is 11.8. The predicted molar refractivity (Wildman–Crippen MR) is 71.7 cm³/mol. The van der Waals surface area contributed by atoms with Crippen molar-refractivity contribution < 1.29 is 9.90 Å². The van der Waals surface area contributed by atoms with Crippen LogP contribution in [0.3, 0.4) is 0 Å². The highest BCUT2D eigenvalue weighted by Gasteiger charge is 2.22. The summed E-state index contributed by atoms with van der Waals surface area (Å²) in [6, 6.07) is 9.17. The number of aliphatic hydroxyl groups excluding tert-OH is 1. The van der Waals surface area contributed by atoms with E-state index in [1.54, 1.807) is 12.1 Å². The van der Waals surface area contributed by atoms with Crippen LogP contribution in [-0.4, -0.2) is 23.2 Å². The van der Waals surface area contributed by atoms with Gasteiger partial charge in [-0.25, -0.2) is 0 Å². The molecular formula is C15H15NO2. The minimum Gasteiger partial charge on any atom is -0.393 e. The molecule has 0 atom stereocenters. The Balaban J connectivity index is 2.76. The van der Waals surface area contributed by atoms with Gasteiger partial charge in [0.2, 0.25) is 0 Å². The van der Waals surface area contributed by atoms with E-state index in [9.17, 15) is 9.90 Å². The Kier molecular flexibility index (Phi) is 4.91. The molecule has 1 aromatic rings. The number of carbonyl (C=O) groups excluding carboxylic acids is 1. The van der Waals surface area contributed by atoms with Gasteiger partial charge in [0.25, 0.3) is 5.91 Å². The number of benzene rings is 1. The van der Waals surface area contributed by atoms with Gasteiger partial charge in [0.05, 0.1) is 6.61 Å². The molecule has 0 radical (unpaired) electrons. The largest absolute Gasteiger partial charge is 0.393 e. The normalized spacial score (nSPS) is 9.83. The molecule has 18 heavy (non-hydrogen) atoms. The molecule has 3 nitrogen and oxygen atoms in total. The Morgan fingerprint density at radius 2 is 1.94 bits per heavy atom. The summed E-state index contributed by atoms with van der Waals surface area (Å²) >= 11 is 0. The molecule has 0 aromatic heterocycles. The molecule has 0 fully saturated rings. The minimum absolute atomic E-state index is 0.307. The van der Waals surface area contributed by atoms with Crippen LogP contribution in [0.25, 0.3) is 0 Å². The Labute approximate surface area is 107 Å². The summed E-state index contributed by atoms with van der Waals surface area (Å²) in [6.07, 6.45) is 2.84. The van der Waals surface area contributed by atoms with E-state index >= 15 is 0 Å². The zero-order chi connectivity index (χ0) is 13.4. The highest BCUT2D eigenvalue weighted by Crippen LogP contribution is 2.06. The third-order valence-corrected chi connectivity index (χ3v) is 2.43. The summed E-state index contributed by atoms with van der Waals surface area (Å²) in [4.78, 5) is 11.6. The van der Waals surface area contributed by atoms with Crippen LogP contribution >= 0.6 is 0 Å². The van der Waals surface area contributed by atoms with Crippen LogP contribution in [0.1, 0.15) is 5.56 Å². The molecule has 1 rings (SSSR count). The van der Waals surface area contributed by atoms with Crippen molar-refractivity contribution in [3.8, 4) is 11.8 Å². The molecule has 1 aromatic carbocycles. The van der Waals surface area contributed by atoms with E-state index in [0.29, 0.717) is 0 Å². The van der Waals surface area contributed by atoms with Gasteiger partial charge in [0.1, 0.15) is 5.54 Å². The van der Waals surface area contributed by atoms with E-state index in [1.807, 2.05) is 18.2 Å². The second-order valence-electron chi connectivity index (χ2n) is 3.68. The third-order valence-electron chi connectivity index (χ3n) is 2.43. The van der Waals surface area contributed by atoms with Crippen LogP contribution in [-0.2, 0) is 4.79 Å². The van der Waals surface area contributed by atoms with Crippen molar-refractivity contribution in [3.63, 3.8) is 0 Å². The molecule has 0 aliphatic carbocycles. The zero-order valence-corrected chi connectivity index (χ0v) is 10.0. The van der Waals surface area contributed by atoms with E-state index < -0.39 is 11.4 Å². The lowest BCUT2D eigenvalue weighted by molar-refractivity contribution is -0.117. The van der Waals surface area contributed by atoms with Gasteiger partial charge in [0, 0.05) is 11.5 Å². The molecule has 0 saturated heterocycles. The maximum absolute atomic E-state index is 11.6. The van der Waals surface area contributed by atoms with E-state index in [2.05, 4.69) is 30.3 Å². The highest BCUT2D eigenvalue weighted by atomic mass is 16.3. The standard InChI is InChI=1S/C15H15NO2/c1-3-15(4-2,12-17)16-14(18)11-10-13-8-6-5-7-9-13/h3-9,17H,1-2,12H2,(H,16,18). The minimum atomic E-state index is -1.03. The van der Waals surface area contributed by atoms with Crippen molar-refractivity contribution in [2.45, 2.75) is 5.54 Å². The van der Waals surface area contributed by atoms with Gasteiger partial charge >= 0.3 is 0 Å². The monoisotopic (exact) mass is 241 g/mol. The Bertz CT molecular complexity index is 486. The van der Waals surface area contributed by atoms with Gasteiger partial charge in [-0.1, -0.05) is 36.3 Å². The molecule has 0 aliphatic rings. The number of rotatable bonds is 4. The van der Waals surface area contributed by atoms with Crippen LogP contribution in [0.2, 0.25) is 0 Å². The highest BCUT2D eigenvalue weighted by molar-refractivity contribution is 5.95. The summed E-state index contributed by atoms with van der Waals surface area (Å²) < 4.78 is 0. The fourth-order valence-corrected chi connectivity index (χ4v) is 1.25. The average molecular weight is 241 g/mol. The van der Waals surface area contributed by atoms with Gasteiger partial charge < -0.3 is 10.4 Å². The maximum atomic E-state index is 11.6. The van der Waals surface area contributed by atoms with E-state index in [4.69, 9.17) is 0 Å². The first kappa shape index (κ1) is 13.8. The lowest BCUT2D eigenvalue weighted by Crippen LogP contribution is -2.47. The predicted octanol–water partition coefficient (Wildman–Crippen LogP) is 1.26. The smallest absolute Gasteiger partial charge is 0.297 e. The van der Waals surface area contributed by atoms with Crippen molar-refractivity contribution in [3.05, 3.63) is 61.2 Å². The first-order valence-corrected chi connectivity index (χ1v) is 5.43. The lowest BCUT2D eigenvalue weighted by Gasteiger charge is -2.24. The van der Waals surface area contributed by atoms with Gasteiger partial charge in [-0.05, 0) is 12.1 Å². The van der Waals surface area contributed by atoms with Crippen LogP contribution < -0.4 is 5.32 Å². The molecule has 0 unspecified atom stereocenters. The van der Waals surface area contributed by atoms with Crippen LogP contribution in [0.15, 0.2) is 55.6 Å². The second-order valence-corrected chi connectivity index (χ2v) is 3.68. The Morgan fingerprint density at radius 1 is 1.33 bits per heavy atom. The van der Waals surface area contributed by atoms with Gasteiger partial charge in [-0.3, -0.25) is 4.79 Å². The lowest BCUT2D eigenvalue weighted by atomic mass is 10.0. The summed E-state index contributed by atoms with van der Waals surface area (Å²) in [5.41, 5.74) is -0.276. The topological polar surface area (TPSA) is 49.3 Å². The first-order valence-electron chi connectivity index (χ1n) is 5.43. The molecule has 2 N–H and O–H groups in total. The molecule has 0 spiro atoms. The first-order chi connectivity index (χ1) is 8.65. The van der Waals surface area contributed by atoms with Crippen molar-refractivity contribution in [2.75, 3.05) is 6.61 Å². The van der Waals surface area contributed by atoms with E-state index in [1.165, 1.54) is 12.2 Å². The number of hydrogen-bond donors (Lipinski definition) is 2. The average Bonchev–Trinajstić information content (AvgIpc) is 2.44. The number of amides is 1. The van der Waals surface area contributed by atoms with Gasteiger partial charge in [-0.15, -0.1) is 13.2 Å². The second kappa shape index (κ2) is 6.43. The van der Waals surface area contributed by atoms with Gasteiger partial charge in [-0.2, -0.15) is 0 Å². The molecule has 0 heterocycles. The van der Waals surface area contributed by atoms with Crippen molar-refractivity contribution in [1.82, 2.24) is 5.32 Å². The molecule has 92 valence electrons. The molecule has 1 amide bonds. The Hall–Kier alpha value is -2.31.